The third-order valence-corrected chi connectivity index (χ3v) is 5.56. The van der Waals surface area contributed by atoms with Crippen LogP contribution in [-0.2, 0) is 9.84 Å². The van der Waals surface area contributed by atoms with Gasteiger partial charge >= 0.3 is 0 Å². The van der Waals surface area contributed by atoms with Gasteiger partial charge in [0.05, 0.1) is 15.5 Å². The van der Waals surface area contributed by atoms with Crippen molar-refractivity contribution in [2.24, 2.45) is 5.92 Å². The van der Waals surface area contributed by atoms with Crippen molar-refractivity contribution >= 4 is 27.3 Å². The lowest BCUT2D eigenvalue weighted by Gasteiger charge is -2.22. The molecule has 2 rings (SSSR count). The van der Waals surface area contributed by atoms with Gasteiger partial charge in [-0.2, -0.15) is 0 Å². The molecule has 1 aromatic rings. The summed E-state index contributed by atoms with van der Waals surface area (Å²) in [7, 11) is 0.613. The van der Waals surface area contributed by atoms with E-state index in [2.05, 4.69) is 11.8 Å². The van der Waals surface area contributed by atoms with Crippen LogP contribution in [0.15, 0.2) is 23.1 Å². The molecule has 2 unspecified atom stereocenters. The Morgan fingerprint density at radius 3 is 2.45 bits per heavy atom. The van der Waals surface area contributed by atoms with Crippen molar-refractivity contribution < 1.29 is 13.2 Å². The molecule has 1 fully saturated rings. The number of carbonyl (C=O) groups excluding carboxylic acids is 1. The predicted octanol–water partition coefficient (Wildman–Crippen LogP) is 1.77. The van der Waals surface area contributed by atoms with Crippen LogP contribution in [0.3, 0.4) is 0 Å². The lowest BCUT2D eigenvalue weighted by molar-refractivity contribution is 0.0781. The Bertz CT molecular complexity index is 688. The van der Waals surface area contributed by atoms with Crippen LogP contribution in [0.25, 0.3) is 0 Å². The van der Waals surface area contributed by atoms with Crippen LogP contribution in [-0.4, -0.2) is 63.6 Å². The molecular formula is C15H21ClN2O3S. The Hall–Kier alpha value is -1.11. The Labute approximate surface area is 136 Å². The summed E-state index contributed by atoms with van der Waals surface area (Å²) in [5.74, 6) is 0.141. The summed E-state index contributed by atoms with van der Waals surface area (Å²) in [6.07, 6.45) is 1.12. The highest BCUT2D eigenvalue weighted by atomic mass is 35.5. The van der Waals surface area contributed by atoms with E-state index in [1.807, 2.05) is 14.1 Å². The lowest BCUT2D eigenvalue weighted by Crippen LogP contribution is -2.35. The van der Waals surface area contributed by atoms with Crippen LogP contribution < -0.4 is 0 Å². The van der Waals surface area contributed by atoms with Gasteiger partial charge in [-0.15, -0.1) is 0 Å². The van der Waals surface area contributed by atoms with E-state index >= 15 is 0 Å². The molecule has 0 radical (unpaired) electrons. The van der Waals surface area contributed by atoms with E-state index in [0.717, 1.165) is 6.26 Å². The van der Waals surface area contributed by atoms with Gasteiger partial charge in [-0.05, 0) is 38.2 Å². The monoisotopic (exact) mass is 344 g/mol. The fourth-order valence-corrected chi connectivity index (χ4v) is 3.70. The highest BCUT2D eigenvalue weighted by Crippen LogP contribution is 2.26. The number of carbonyl (C=O) groups is 1. The van der Waals surface area contributed by atoms with Gasteiger partial charge < -0.3 is 9.80 Å². The maximum Gasteiger partial charge on any atom is 0.255 e. The second kappa shape index (κ2) is 6.18. The van der Waals surface area contributed by atoms with Crippen molar-refractivity contribution in [2.45, 2.75) is 17.9 Å². The smallest absolute Gasteiger partial charge is 0.255 e. The van der Waals surface area contributed by atoms with E-state index in [1.165, 1.54) is 18.2 Å². The van der Waals surface area contributed by atoms with Crippen molar-refractivity contribution in [1.29, 1.82) is 0 Å². The minimum Gasteiger partial charge on any atom is -0.337 e. The Morgan fingerprint density at radius 2 is 1.95 bits per heavy atom. The summed E-state index contributed by atoms with van der Waals surface area (Å²) in [5.41, 5.74) is 0.246. The van der Waals surface area contributed by atoms with Crippen molar-refractivity contribution in [3.8, 4) is 0 Å². The quantitative estimate of drug-likeness (QED) is 0.838. The average molecular weight is 345 g/mol. The molecule has 0 aliphatic carbocycles. The standard InChI is InChI=1S/C15H21ClN2O3S/c1-10-8-18(9-14(10)17(2)3)15(19)12-7-11(22(4,20)21)5-6-13(12)16/h5-7,10,14H,8-9H2,1-4H3. The van der Waals surface area contributed by atoms with Gasteiger partial charge in [0.25, 0.3) is 5.91 Å². The molecule has 1 aliphatic heterocycles. The molecule has 1 aliphatic rings. The maximum atomic E-state index is 12.7. The first-order valence-corrected chi connectivity index (χ1v) is 9.33. The molecule has 22 heavy (non-hydrogen) atoms. The molecule has 0 saturated carbocycles. The van der Waals surface area contributed by atoms with Gasteiger partial charge in [0, 0.05) is 25.4 Å². The number of likely N-dealkylation sites (tertiary alicyclic amines) is 1. The van der Waals surface area contributed by atoms with E-state index in [0.29, 0.717) is 25.0 Å². The van der Waals surface area contributed by atoms with Crippen LogP contribution in [0.1, 0.15) is 17.3 Å². The fraction of sp³-hybridized carbons (Fsp3) is 0.533. The number of hydrogen-bond acceptors (Lipinski definition) is 4. The molecule has 0 bridgehead atoms. The molecule has 1 amide bonds. The highest BCUT2D eigenvalue weighted by molar-refractivity contribution is 7.90. The summed E-state index contributed by atoms with van der Waals surface area (Å²) in [6, 6.07) is 4.55. The normalized spacial score (nSPS) is 22.4. The van der Waals surface area contributed by atoms with E-state index in [-0.39, 0.29) is 21.4 Å². The minimum absolute atomic E-state index is 0.108. The molecule has 122 valence electrons. The molecule has 1 saturated heterocycles. The second-order valence-electron chi connectivity index (χ2n) is 6.13. The van der Waals surface area contributed by atoms with E-state index in [9.17, 15) is 13.2 Å². The summed E-state index contributed by atoms with van der Waals surface area (Å²) in [4.78, 5) is 16.6. The number of sulfone groups is 1. The molecular weight excluding hydrogens is 324 g/mol. The summed E-state index contributed by atoms with van der Waals surface area (Å²) >= 11 is 6.10. The van der Waals surface area contributed by atoms with Gasteiger partial charge in [0.2, 0.25) is 0 Å². The fourth-order valence-electron chi connectivity index (χ4n) is 2.86. The van der Waals surface area contributed by atoms with Gasteiger partial charge in [0.1, 0.15) is 0 Å². The summed E-state index contributed by atoms with van der Waals surface area (Å²) in [6.45, 7) is 3.36. The number of likely N-dealkylation sites (N-methyl/N-ethyl adjacent to an activating group) is 1. The number of amides is 1. The predicted molar refractivity (Wildman–Crippen MR) is 87.1 cm³/mol. The Balaban J connectivity index is 2.31. The number of rotatable bonds is 3. The summed E-state index contributed by atoms with van der Waals surface area (Å²) in [5, 5.41) is 0.276. The van der Waals surface area contributed by atoms with Crippen molar-refractivity contribution in [3.05, 3.63) is 28.8 Å². The third-order valence-electron chi connectivity index (χ3n) is 4.12. The number of benzene rings is 1. The largest absolute Gasteiger partial charge is 0.337 e. The minimum atomic E-state index is -3.37. The molecule has 1 heterocycles. The average Bonchev–Trinajstić information content (AvgIpc) is 2.79. The SMILES string of the molecule is CC1CN(C(=O)c2cc(S(C)(=O)=O)ccc2Cl)CC1N(C)C. The van der Waals surface area contributed by atoms with Crippen LogP contribution >= 0.6 is 11.6 Å². The zero-order valence-electron chi connectivity index (χ0n) is 13.2. The second-order valence-corrected chi connectivity index (χ2v) is 8.56. The zero-order chi connectivity index (χ0) is 16.7. The van der Waals surface area contributed by atoms with E-state index < -0.39 is 9.84 Å². The molecule has 7 heteroatoms. The Morgan fingerprint density at radius 1 is 1.32 bits per heavy atom. The molecule has 0 aromatic heterocycles. The van der Waals surface area contributed by atoms with Crippen molar-refractivity contribution in [1.82, 2.24) is 9.80 Å². The van der Waals surface area contributed by atoms with Crippen LogP contribution in [0.2, 0.25) is 5.02 Å². The van der Waals surface area contributed by atoms with Crippen LogP contribution in [0, 0.1) is 5.92 Å². The van der Waals surface area contributed by atoms with Crippen LogP contribution in [0.5, 0.6) is 0 Å². The molecule has 0 N–H and O–H groups in total. The number of hydrogen-bond donors (Lipinski definition) is 0. The first-order valence-electron chi connectivity index (χ1n) is 7.06. The topological polar surface area (TPSA) is 57.7 Å². The third kappa shape index (κ3) is 3.45. The van der Waals surface area contributed by atoms with Crippen LogP contribution in [0.4, 0.5) is 0 Å². The van der Waals surface area contributed by atoms with Crippen molar-refractivity contribution in [3.63, 3.8) is 0 Å². The Kier molecular flexibility index (Phi) is 4.84. The van der Waals surface area contributed by atoms with Gasteiger partial charge in [-0.25, -0.2) is 8.42 Å². The van der Waals surface area contributed by atoms with Gasteiger partial charge in [0.15, 0.2) is 9.84 Å². The number of nitrogens with zero attached hydrogens (tertiary/aromatic N) is 2. The number of halogens is 1. The van der Waals surface area contributed by atoms with Gasteiger partial charge in [-0.1, -0.05) is 18.5 Å². The first kappa shape index (κ1) is 17.2. The maximum absolute atomic E-state index is 12.7. The zero-order valence-corrected chi connectivity index (χ0v) is 14.8. The molecule has 0 spiro atoms. The molecule has 5 nitrogen and oxygen atoms in total. The summed E-state index contributed by atoms with van der Waals surface area (Å²) < 4.78 is 23.3. The lowest BCUT2D eigenvalue weighted by atomic mass is 10.1. The highest BCUT2D eigenvalue weighted by Gasteiger charge is 2.34. The molecule has 2 atom stereocenters. The van der Waals surface area contributed by atoms with E-state index in [1.54, 1.807) is 4.90 Å². The first-order chi connectivity index (χ1) is 10.1. The van der Waals surface area contributed by atoms with Gasteiger partial charge in [-0.3, -0.25) is 4.79 Å². The van der Waals surface area contributed by atoms with Crippen molar-refractivity contribution in [2.75, 3.05) is 33.4 Å². The van der Waals surface area contributed by atoms with E-state index in [4.69, 9.17) is 11.6 Å². The molecule has 1 aromatic carbocycles.